The molecule has 15 heavy (non-hydrogen) atoms. The van der Waals surface area contributed by atoms with Gasteiger partial charge in [-0.15, -0.1) is 0 Å². The van der Waals surface area contributed by atoms with E-state index in [1.807, 2.05) is 6.92 Å². The number of carboxylic acid groups (broad SMARTS) is 1. The first-order valence-corrected chi connectivity index (χ1v) is 5.92. The second-order valence-electron chi connectivity index (χ2n) is 3.21. The largest absolute Gasteiger partial charge is 0.481 e. The highest BCUT2D eigenvalue weighted by atomic mass is 32.2. The van der Waals surface area contributed by atoms with E-state index in [2.05, 4.69) is 0 Å². The van der Waals surface area contributed by atoms with Crippen molar-refractivity contribution in [2.45, 2.75) is 32.4 Å². The van der Waals surface area contributed by atoms with Crippen LogP contribution in [0, 0.1) is 5.92 Å². The molecule has 0 spiro atoms. The number of hydrogen-bond acceptors (Lipinski definition) is 2. The molecule has 0 aliphatic heterocycles. The number of carboxylic acids is 1. The lowest BCUT2D eigenvalue weighted by Gasteiger charge is -2.15. The van der Waals surface area contributed by atoms with Crippen LogP contribution in [0.5, 0.6) is 0 Å². The quantitative estimate of drug-likeness (QED) is 0.699. The summed E-state index contributed by atoms with van der Waals surface area (Å²) in [4.78, 5) is 10.3. The molecular formula is C9H15F3O2S. The van der Waals surface area contributed by atoms with Gasteiger partial charge in [-0.25, -0.2) is 0 Å². The summed E-state index contributed by atoms with van der Waals surface area (Å²) in [5, 5.41) is 8.38. The first-order valence-electron chi connectivity index (χ1n) is 4.76. The van der Waals surface area contributed by atoms with Crippen LogP contribution in [-0.2, 0) is 4.79 Å². The van der Waals surface area contributed by atoms with Gasteiger partial charge < -0.3 is 5.11 Å². The van der Waals surface area contributed by atoms with Crippen LogP contribution in [0.25, 0.3) is 0 Å². The summed E-state index contributed by atoms with van der Waals surface area (Å²) in [6, 6.07) is 0. The fourth-order valence-electron chi connectivity index (χ4n) is 0.961. The second kappa shape index (κ2) is 6.98. The maximum atomic E-state index is 12.2. The van der Waals surface area contributed by atoms with Crippen molar-refractivity contribution < 1.29 is 23.1 Å². The van der Waals surface area contributed by atoms with Crippen molar-refractivity contribution in [3.63, 3.8) is 0 Å². The van der Waals surface area contributed by atoms with Crippen molar-refractivity contribution in [2.75, 3.05) is 11.5 Å². The number of unbranched alkanes of at least 4 members (excludes halogenated alkanes) is 2. The van der Waals surface area contributed by atoms with E-state index in [1.54, 1.807) is 0 Å². The van der Waals surface area contributed by atoms with Crippen LogP contribution in [0.4, 0.5) is 13.2 Å². The molecule has 0 saturated heterocycles. The molecule has 6 heteroatoms. The fraction of sp³-hybridized carbons (Fsp3) is 0.889. The van der Waals surface area contributed by atoms with Gasteiger partial charge in [0.15, 0.2) is 5.92 Å². The Morgan fingerprint density at radius 1 is 1.40 bits per heavy atom. The minimum absolute atomic E-state index is 0.386. The van der Waals surface area contributed by atoms with E-state index in [0.717, 1.165) is 31.0 Å². The topological polar surface area (TPSA) is 37.3 Å². The Hall–Kier alpha value is -0.390. The third-order valence-corrected chi connectivity index (χ3v) is 3.02. The Labute approximate surface area is 91.2 Å². The summed E-state index contributed by atoms with van der Waals surface area (Å²) in [5.41, 5.74) is 0. The van der Waals surface area contributed by atoms with Gasteiger partial charge in [0.2, 0.25) is 0 Å². The molecule has 0 bridgehead atoms. The van der Waals surface area contributed by atoms with Crippen LogP contribution in [0.3, 0.4) is 0 Å². The highest BCUT2D eigenvalue weighted by molar-refractivity contribution is 7.99. The smallest absolute Gasteiger partial charge is 0.403 e. The molecule has 0 aromatic rings. The standard InChI is InChI=1S/C9H15F3O2S/c1-2-3-4-5-15-6-7(8(13)14)9(10,11)12/h7H,2-6H2,1H3,(H,13,14). The third-order valence-electron chi connectivity index (χ3n) is 1.87. The molecule has 0 heterocycles. The zero-order valence-corrected chi connectivity index (χ0v) is 9.33. The molecule has 0 aromatic carbocycles. The monoisotopic (exact) mass is 244 g/mol. The molecule has 2 nitrogen and oxygen atoms in total. The van der Waals surface area contributed by atoms with Crippen molar-refractivity contribution in [3.8, 4) is 0 Å². The Morgan fingerprint density at radius 2 is 2.00 bits per heavy atom. The van der Waals surface area contributed by atoms with Crippen molar-refractivity contribution in [1.29, 1.82) is 0 Å². The molecule has 0 amide bonds. The summed E-state index contributed by atoms with van der Waals surface area (Å²) < 4.78 is 36.5. The number of hydrogen-bond donors (Lipinski definition) is 1. The number of halogens is 3. The molecule has 0 aliphatic rings. The summed E-state index contributed by atoms with van der Waals surface area (Å²) in [6.45, 7) is 2.00. The highest BCUT2D eigenvalue weighted by Crippen LogP contribution is 2.29. The zero-order valence-electron chi connectivity index (χ0n) is 8.51. The second-order valence-corrected chi connectivity index (χ2v) is 4.36. The van der Waals surface area contributed by atoms with Crippen molar-refractivity contribution in [2.24, 2.45) is 5.92 Å². The predicted octanol–water partition coefficient (Wildman–Crippen LogP) is 3.17. The van der Waals surface area contributed by atoms with Gasteiger partial charge in [0.05, 0.1) is 0 Å². The van der Waals surface area contributed by atoms with E-state index >= 15 is 0 Å². The SMILES string of the molecule is CCCCCSCC(C(=O)O)C(F)(F)F. The van der Waals surface area contributed by atoms with E-state index in [0.29, 0.717) is 5.75 Å². The molecule has 0 fully saturated rings. The number of alkyl halides is 3. The summed E-state index contributed by atoms with van der Waals surface area (Å²) in [7, 11) is 0. The van der Waals surface area contributed by atoms with E-state index in [-0.39, 0.29) is 5.75 Å². The van der Waals surface area contributed by atoms with Crippen LogP contribution in [0.15, 0.2) is 0 Å². The molecule has 0 radical (unpaired) electrons. The molecule has 1 atom stereocenters. The van der Waals surface area contributed by atoms with Gasteiger partial charge in [-0.3, -0.25) is 4.79 Å². The normalized spacial score (nSPS) is 13.9. The maximum absolute atomic E-state index is 12.2. The van der Waals surface area contributed by atoms with Gasteiger partial charge in [-0.05, 0) is 12.2 Å². The Balaban J connectivity index is 3.84. The lowest BCUT2D eigenvalue weighted by Crippen LogP contribution is -2.32. The van der Waals surface area contributed by atoms with Gasteiger partial charge in [0.25, 0.3) is 0 Å². The zero-order chi connectivity index (χ0) is 11.9. The highest BCUT2D eigenvalue weighted by Gasteiger charge is 2.44. The van der Waals surface area contributed by atoms with Crippen LogP contribution >= 0.6 is 11.8 Å². The van der Waals surface area contributed by atoms with Gasteiger partial charge in [0, 0.05) is 5.75 Å². The molecule has 0 aliphatic carbocycles. The molecular weight excluding hydrogens is 229 g/mol. The number of aliphatic carboxylic acids is 1. The average Bonchev–Trinajstić information content (AvgIpc) is 2.08. The number of rotatable bonds is 7. The Morgan fingerprint density at radius 3 is 2.40 bits per heavy atom. The summed E-state index contributed by atoms with van der Waals surface area (Å²) in [6.07, 6.45) is -1.83. The van der Waals surface area contributed by atoms with Crippen molar-refractivity contribution in [1.82, 2.24) is 0 Å². The summed E-state index contributed by atoms with van der Waals surface area (Å²) >= 11 is 1.06. The molecule has 90 valence electrons. The van der Waals surface area contributed by atoms with E-state index in [9.17, 15) is 18.0 Å². The van der Waals surface area contributed by atoms with Crippen LogP contribution in [0.2, 0.25) is 0 Å². The Kier molecular flexibility index (Phi) is 6.80. The lowest BCUT2D eigenvalue weighted by molar-refractivity contribution is -0.188. The molecule has 0 rings (SSSR count). The molecule has 0 saturated carbocycles. The Bertz CT molecular complexity index is 194. The van der Waals surface area contributed by atoms with E-state index in [1.165, 1.54) is 0 Å². The first kappa shape index (κ1) is 14.6. The number of thioether (sulfide) groups is 1. The maximum Gasteiger partial charge on any atom is 0.403 e. The van der Waals surface area contributed by atoms with Crippen molar-refractivity contribution >= 4 is 17.7 Å². The van der Waals surface area contributed by atoms with E-state index in [4.69, 9.17) is 5.11 Å². The van der Waals surface area contributed by atoms with Crippen molar-refractivity contribution in [3.05, 3.63) is 0 Å². The molecule has 0 aromatic heterocycles. The van der Waals surface area contributed by atoms with Gasteiger partial charge >= 0.3 is 12.1 Å². The average molecular weight is 244 g/mol. The third kappa shape index (κ3) is 6.65. The fourth-order valence-corrected chi connectivity index (χ4v) is 2.10. The summed E-state index contributed by atoms with van der Waals surface area (Å²) in [5.74, 6) is -3.81. The first-order chi connectivity index (χ1) is 6.89. The van der Waals surface area contributed by atoms with Crippen LogP contribution in [0.1, 0.15) is 26.2 Å². The van der Waals surface area contributed by atoms with Crippen LogP contribution in [-0.4, -0.2) is 28.8 Å². The van der Waals surface area contributed by atoms with Crippen LogP contribution < -0.4 is 0 Å². The van der Waals surface area contributed by atoms with Gasteiger partial charge in [0.1, 0.15) is 0 Å². The van der Waals surface area contributed by atoms with Gasteiger partial charge in [-0.2, -0.15) is 24.9 Å². The molecule has 1 N–H and O–H groups in total. The molecule has 1 unspecified atom stereocenters. The number of carbonyl (C=O) groups is 1. The van der Waals surface area contributed by atoms with Gasteiger partial charge in [-0.1, -0.05) is 19.8 Å². The van der Waals surface area contributed by atoms with E-state index < -0.39 is 18.1 Å². The minimum Gasteiger partial charge on any atom is -0.481 e. The predicted molar refractivity (Wildman–Crippen MR) is 54.0 cm³/mol. The minimum atomic E-state index is -4.64. The lowest BCUT2D eigenvalue weighted by atomic mass is 10.2.